The van der Waals surface area contributed by atoms with Crippen molar-refractivity contribution in [2.24, 2.45) is 0 Å². The maximum Gasteiger partial charge on any atom is 0.339 e. The van der Waals surface area contributed by atoms with Crippen LogP contribution in [-0.2, 0) is 49.4 Å². The number of carbonyl (C=O) groups is 3. The molecule has 0 N–H and O–H groups in total. The number of methoxy groups -OCH3 is 1. The van der Waals surface area contributed by atoms with Crippen LogP contribution in [0.1, 0.15) is 26.3 Å². The molecule has 1 saturated heterocycles. The van der Waals surface area contributed by atoms with Gasteiger partial charge in [-0.05, 0) is 12.5 Å². The Morgan fingerprint density at radius 2 is 1.57 bits per heavy atom. The van der Waals surface area contributed by atoms with Crippen LogP contribution in [0.5, 0.6) is 0 Å². The lowest BCUT2D eigenvalue weighted by Gasteiger charge is -2.43. The van der Waals surface area contributed by atoms with E-state index in [0.29, 0.717) is 0 Å². The van der Waals surface area contributed by atoms with Crippen molar-refractivity contribution < 1.29 is 42.8 Å². The molecule has 164 valence electrons. The number of carbonyl (C=O) groups excluding carboxylic acids is 3. The Morgan fingerprint density at radius 3 is 2.10 bits per heavy atom. The molecule has 0 aliphatic carbocycles. The molecule has 1 aliphatic heterocycles. The van der Waals surface area contributed by atoms with Crippen molar-refractivity contribution in [3.63, 3.8) is 0 Å². The normalized spacial score (nSPS) is 25.7. The lowest BCUT2D eigenvalue weighted by atomic mass is 9.97. The van der Waals surface area contributed by atoms with Gasteiger partial charge in [0.15, 0.2) is 18.3 Å². The summed E-state index contributed by atoms with van der Waals surface area (Å²) in [5.74, 6) is -1.84. The van der Waals surface area contributed by atoms with Crippen molar-refractivity contribution >= 4 is 17.9 Å². The number of allylic oxidation sites excluding steroid dienone is 1. The predicted molar refractivity (Wildman–Crippen MR) is 103 cm³/mol. The number of hydrogen-bond donors (Lipinski definition) is 0. The Bertz CT molecular complexity index is 761. The van der Waals surface area contributed by atoms with Crippen molar-refractivity contribution in [1.82, 2.24) is 0 Å². The van der Waals surface area contributed by atoms with Gasteiger partial charge in [-0.3, -0.25) is 9.59 Å². The lowest BCUT2D eigenvalue weighted by Crippen LogP contribution is -2.63. The summed E-state index contributed by atoms with van der Waals surface area (Å²) in [7, 11) is 1.18. The van der Waals surface area contributed by atoms with Gasteiger partial charge >= 0.3 is 17.9 Å². The van der Waals surface area contributed by atoms with E-state index in [1.54, 1.807) is 6.92 Å². The van der Waals surface area contributed by atoms with E-state index >= 15 is 0 Å². The SMILES string of the molecule is C=C(C)O[C@H]1[C@H](OCc2ccccc2)[C@@H](OC(C)=O)[C@@H](OC(C)=O)O[C@H]1C(=O)OC. The molecule has 5 atom stereocenters. The molecule has 0 radical (unpaired) electrons. The van der Waals surface area contributed by atoms with E-state index in [2.05, 4.69) is 6.58 Å². The molecule has 0 bridgehead atoms. The van der Waals surface area contributed by atoms with E-state index in [-0.39, 0.29) is 12.4 Å². The molecule has 0 spiro atoms. The smallest absolute Gasteiger partial charge is 0.339 e. The second-order valence-electron chi connectivity index (χ2n) is 6.68. The highest BCUT2D eigenvalue weighted by Crippen LogP contribution is 2.31. The Morgan fingerprint density at radius 1 is 0.933 bits per heavy atom. The molecular weight excluding hydrogens is 396 g/mol. The summed E-state index contributed by atoms with van der Waals surface area (Å²) in [5.41, 5.74) is 0.832. The standard InChI is InChI=1S/C21H26O9/c1-12(2)27-17-16(26-11-15-9-7-6-8-10-15)19(28-13(3)22)21(29-14(4)23)30-18(17)20(24)25-5/h6-10,16-19,21H,1,11H2,2-5H3/t16-,17-,18+,19+,21-/m0/s1. The highest BCUT2D eigenvalue weighted by atomic mass is 16.7. The minimum Gasteiger partial charge on any atom is -0.489 e. The van der Waals surface area contributed by atoms with E-state index < -0.39 is 48.6 Å². The molecule has 0 amide bonds. The second kappa shape index (κ2) is 10.7. The Kier molecular flexibility index (Phi) is 8.37. The summed E-state index contributed by atoms with van der Waals surface area (Å²) in [6.07, 6.45) is -6.02. The van der Waals surface area contributed by atoms with E-state index in [0.717, 1.165) is 12.5 Å². The van der Waals surface area contributed by atoms with Crippen molar-refractivity contribution in [3.05, 3.63) is 48.2 Å². The number of hydrogen-bond acceptors (Lipinski definition) is 9. The summed E-state index contributed by atoms with van der Waals surface area (Å²) in [4.78, 5) is 35.7. The third-order valence-corrected chi connectivity index (χ3v) is 4.14. The maximum atomic E-state index is 12.4. The van der Waals surface area contributed by atoms with E-state index in [4.69, 9.17) is 28.4 Å². The monoisotopic (exact) mass is 422 g/mol. The minimum atomic E-state index is -1.40. The second-order valence-corrected chi connectivity index (χ2v) is 6.68. The molecular formula is C21H26O9. The van der Waals surface area contributed by atoms with Crippen LogP contribution in [0.25, 0.3) is 0 Å². The number of esters is 3. The van der Waals surface area contributed by atoms with Gasteiger partial charge in [-0.15, -0.1) is 0 Å². The maximum absolute atomic E-state index is 12.4. The highest BCUT2D eigenvalue weighted by molar-refractivity contribution is 5.76. The topological polar surface area (TPSA) is 107 Å². The first kappa shape index (κ1) is 23.4. The van der Waals surface area contributed by atoms with Gasteiger partial charge in [0.1, 0.15) is 6.10 Å². The molecule has 1 aliphatic rings. The molecule has 0 saturated carbocycles. The summed E-state index contributed by atoms with van der Waals surface area (Å²) in [6.45, 7) is 7.75. The molecule has 0 unspecified atom stereocenters. The van der Waals surface area contributed by atoms with Gasteiger partial charge in [0.05, 0.1) is 19.5 Å². The van der Waals surface area contributed by atoms with Crippen LogP contribution < -0.4 is 0 Å². The van der Waals surface area contributed by atoms with E-state index in [1.165, 1.54) is 14.0 Å². The van der Waals surface area contributed by atoms with Gasteiger partial charge in [-0.1, -0.05) is 36.9 Å². The minimum absolute atomic E-state index is 0.111. The number of rotatable bonds is 8. The van der Waals surface area contributed by atoms with Crippen LogP contribution in [0.3, 0.4) is 0 Å². The average Bonchev–Trinajstić information content (AvgIpc) is 2.68. The van der Waals surface area contributed by atoms with Gasteiger partial charge in [0.2, 0.25) is 6.29 Å². The number of benzene rings is 1. The van der Waals surface area contributed by atoms with Crippen LogP contribution in [0.15, 0.2) is 42.7 Å². The summed E-state index contributed by atoms with van der Waals surface area (Å²) in [5, 5.41) is 0. The first-order valence-electron chi connectivity index (χ1n) is 9.28. The Labute approximate surface area is 174 Å². The molecule has 0 aromatic heterocycles. The zero-order chi connectivity index (χ0) is 22.3. The third kappa shape index (κ3) is 6.30. The molecule has 1 fully saturated rings. The fourth-order valence-electron chi connectivity index (χ4n) is 3.01. The summed E-state index contributed by atoms with van der Waals surface area (Å²) >= 11 is 0. The van der Waals surface area contributed by atoms with Crippen molar-refractivity contribution in [3.8, 4) is 0 Å². The largest absolute Gasteiger partial charge is 0.489 e. The fourth-order valence-corrected chi connectivity index (χ4v) is 3.01. The van der Waals surface area contributed by atoms with Crippen LogP contribution in [0.4, 0.5) is 0 Å². The highest BCUT2D eigenvalue weighted by Gasteiger charge is 2.54. The van der Waals surface area contributed by atoms with Crippen molar-refractivity contribution in [2.75, 3.05) is 7.11 Å². The van der Waals surface area contributed by atoms with Crippen molar-refractivity contribution in [2.45, 2.75) is 58.1 Å². The van der Waals surface area contributed by atoms with Crippen molar-refractivity contribution in [1.29, 1.82) is 0 Å². The van der Waals surface area contributed by atoms with Crippen LogP contribution >= 0.6 is 0 Å². The van der Waals surface area contributed by atoms with Gasteiger partial charge < -0.3 is 28.4 Å². The Balaban J connectivity index is 2.42. The quantitative estimate of drug-likeness (QED) is 0.353. The van der Waals surface area contributed by atoms with E-state index in [9.17, 15) is 14.4 Å². The Hall–Kier alpha value is -2.91. The van der Waals surface area contributed by atoms with Gasteiger partial charge in [0, 0.05) is 13.8 Å². The van der Waals surface area contributed by atoms with Crippen LogP contribution in [0, 0.1) is 0 Å². The van der Waals surface area contributed by atoms with Gasteiger partial charge in [-0.25, -0.2) is 4.79 Å². The summed E-state index contributed by atoms with van der Waals surface area (Å²) < 4.78 is 32.7. The molecule has 1 aromatic carbocycles. The third-order valence-electron chi connectivity index (χ3n) is 4.14. The van der Waals surface area contributed by atoms with Gasteiger partial charge in [-0.2, -0.15) is 0 Å². The van der Waals surface area contributed by atoms with Gasteiger partial charge in [0.25, 0.3) is 0 Å². The first-order valence-corrected chi connectivity index (χ1v) is 9.28. The van der Waals surface area contributed by atoms with Crippen LogP contribution in [-0.4, -0.2) is 55.7 Å². The molecule has 1 aromatic rings. The fraction of sp³-hybridized carbons (Fsp3) is 0.476. The number of ether oxygens (including phenoxy) is 6. The predicted octanol–water partition coefficient (Wildman–Crippen LogP) is 1.88. The molecule has 1 heterocycles. The van der Waals surface area contributed by atoms with Crippen LogP contribution in [0.2, 0.25) is 0 Å². The zero-order valence-electron chi connectivity index (χ0n) is 17.4. The average molecular weight is 422 g/mol. The summed E-state index contributed by atoms with van der Waals surface area (Å²) in [6, 6.07) is 9.23. The molecule has 2 rings (SSSR count). The zero-order valence-corrected chi connectivity index (χ0v) is 17.4. The molecule has 9 nitrogen and oxygen atoms in total. The van der Waals surface area contributed by atoms with E-state index in [1.807, 2.05) is 30.3 Å². The molecule has 30 heavy (non-hydrogen) atoms. The first-order chi connectivity index (χ1) is 14.2. The lowest BCUT2D eigenvalue weighted by molar-refractivity contribution is -0.299. The molecule has 9 heteroatoms.